The Morgan fingerprint density at radius 3 is 2.78 bits per heavy atom. The van der Waals surface area contributed by atoms with Crippen LogP contribution in [-0.4, -0.2) is 5.91 Å². The summed E-state index contributed by atoms with van der Waals surface area (Å²) in [5.74, 6) is -0.209. The molecule has 0 unspecified atom stereocenters. The van der Waals surface area contributed by atoms with Crippen LogP contribution in [0.25, 0.3) is 0 Å². The zero-order valence-electron chi connectivity index (χ0n) is 5.76. The van der Waals surface area contributed by atoms with Gasteiger partial charge in [-0.05, 0) is 19.8 Å². The number of unbranched alkanes of at least 4 members (excludes halogenated alkanes) is 1. The van der Waals surface area contributed by atoms with Gasteiger partial charge < -0.3 is 5.73 Å². The largest absolute Gasteiger partial charge is 0.370 e. The molecule has 0 bridgehead atoms. The number of allylic oxidation sites excluding steroid dienone is 2. The molecule has 2 nitrogen and oxygen atoms in total. The molecule has 0 saturated carbocycles. The first kappa shape index (κ1) is 8.21. The van der Waals surface area contributed by atoms with E-state index < -0.39 is 0 Å². The summed E-state index contributed by atoms with van der Waals surface area (Å²) < 4.78 is 0. The van der Waals surface area contributed by atoms with Gasteiger partial charge in [0, 0.05) is 6.42 Å². The molecule has 0 aromatic rings. The molecule has 2 N–H and O–H groups in total. The Morgan fingerprint density at radius 2 is 2.33 bits per heavy atom. The van der Waals surface area contributed by atoms with E-state index in [1.165, 1.54) is 0 Å². The van der Waals surface area contributed by atoms with Crippen LogP contribution in [0, 0.1) is 0 Å². The summed E-state index contributed by atoms with van der Waals surface area (Å²) >= 11 is 0. The normalized spacial score (nSPS) is 10.3. The van der Waals surface area contributed by atoms with Gasteiger partial charge in [-0.1, -0.05) is 12.2 Å². The fraction of sp³-hybridized carbons (Fsp3) is 0.571. The van der Waals surface area contributed by atoms with Crippen molar-refractivity contribution in [2.45, 2.75) is 26.2 Å². The van der Waals surface area contributed by atoms with Crippen LogP contribution in [0.15, 0.2) is 12.2 Å². The quantitative estimate of drug-likeness (QED) is 0.447. The summed E-state index contributed by atoms with van der Waals surface area (Å²) in [5, 5.41) is 0. The van der Waals surface area contributed by atoms with Crippen LogP contribution in [0.4, 0.5) is 0 Å². The highest BCUT2D eigenvalue weighted by Crippen LogP contribution is 1.94. The summed E-state index contributed by atoms with van der Waals surface area (Å²) in [7, 11) is 0. The van der Waals surface area contributed by atoms with Crippen LogP contribution < -0.4 is 5.73 Å². The molecule has 0 aliphatic carbocycles. The Hall–Kier alpha value is -0.790. The minimum absolute atomic E-state index is 0.209. The van der Waals surface area contributed by atoms with Crippen molar-refractivity contribution < 1.29 is 4.79 Å². The molecule has 1 amide bonds. The number of carbonyl (C=O) groups excluding carboxylic acids is 1. The van der Waals surface area contributed by atoms with Crippen molar-refractivity contribution in [3.63, 3.8) is 0 Å². The van der Waals surface area contributed by atoms with Crippen LogP contribution in [0.1, 0.15) is 26.2 Å². The lowest BCUT2D eigenvalue weighted by molar-refractivity contribution is -0.118. The van der Waals surface area contributed by atoms with E-state index in [1.807, 2.05) is 19.1 Å². The van der Waals surface area contributed by atoms with E-state index in [-0.39, 0.29) is 5.91 Å². The predicted molar refractivity (Wildman–Crippen MR) is 37.9 cm³/mol. The molecule has 52 valence electrons. The van der Waals surface area contributed by atoms with Crippen molar-refractivity contribution in [1.82, 2.24) is 0 Å². The van der Waals surface area contributed by atoms with Crippen LogP contribution in [0.2, 0.25) is 0 Å². The maximum Gasteiger partial charge on any atom is 0.217 e. The number of rotatable bonds is 4. The molecule has 0 fully saturated rings. The molecule has 0 aromatic heterocycles. The van der Waals surface area contributed by atoms with Crippen molar-refractivity contribution in [3.05, 3.63) is 12.2 Å². The smallest absolute Gasteiger partial charge is 0.217 e. The van der Waals surface area contributed by atoms with E-state index >= 15 is 0 Å². The summed E-state index contributed by atoms with van der Waals surface area (Å²) in [6.45, 7) is 1.96. The topological polar surface area (TPSA) is 43.1 Å². The third kappa shape index (κ3) is 7.21. The molecule has 0 heterocycles. The number of hydrogen-bond acceptors (Lipinski definition) is 1. The molecule has 0 saturated heterocycles. The van der Waals surface area contributed by atoms with E-state index in [4.69, 9.17) is 5.73 Å². The maximum atomic E-state index is 10.2. The van der Waals surface area contributed by atoms with E-state index in [1.54, 1.807) is 0 Å². The zero-order valence-corrected chi connectivity index (χ0v) is 5.76. The lowest BCUT2D eigenvalue weighted by Gasteiger charge is -1.89. The Morgan fingerprint density at radius 1 is 1.67 bits per heavy atom. The average molecular weight is 127 g/mol. The third-order valence-electron chi connectivity index (χ3n) is 1.03. The van der Waals surface area contributed by atoms with Crippen molar-refractivity contribution >= 4 is 5.91 Å². The second-order valence-electron chi connectivity index (χ2n) is 1.93. The fourth-order valence-corrected chi connectivity index (χ4v) is 0.561. The fourth-order valence-electron chi connectivity index (χ4n) is 0.561. The first-order valence-corrected chi connectivity index (χ1v) is 3.17. The highest BCUT2D eigenvalue weighted by Gasteiger charge is 1.89. The molecule has 0 aromatic carbocycles. The van der Waals surface area contributed by atoms with Gasteiger partial charge in [-0.25, -0.2) is 0 Å². The predicted octanol–water partition coefficient (Wildman–Crippen LogP) is 1.22. The summed E-state index contributed by atoms with van der Waals surface area (Å²) in [4.78, 5) is 10.2. The highest BCUT2D eigenvalue weighted by atomic mass is 16.1. The van der Waals surface area contributed by atoms with Crippen molar-refractivity contribution in [2.24, 2.45) is 5.73 Å². The second kappa shape index (κ2) is 5.35. The van der Waals surface area contributed by atoms with Gasteiger partial charge in [-0.2, -0.15) is 0 Å². The number of amides is 1. The molecule has 0 aliphatic heterocycles. The molecule has 0 aliphatic rings. The molecule has 2 heteroatoms. The lowest BCUT2D eigenvalue weighted by Crippen LogP contribution is -2.09. The highest BCUT2D eigenvalue weighted by molar-refractivity contribution is 5.73. The summed E-state index contributed by atoms with van der Waals surface area (Å²) in [6.07, 6.45) is 6.34. The molecule has 0 atom stereocenters. The van der Waals surface area contributed by atoms with Crippen LogP contribution in [0.5, 0.6) is 0 Å². The first-order valence-electron chi connectivity index (χ1n) is 3.17. The van der Waals surface area contributed by atoms with Crippen molar-refractivity contribution in [2.75, 3.05) is 0 Å². The summed E-state index contributed by atoms with van der Waals surface area (Å²) in [6, 6.07) is 0. The standard InChI is InChI=1S/C7H13NO/c1-2-3-4-5-6-7(8)9/h2-3H,4-6H2,1H3,(H2,8,9)/b3-2+. The van der Waals surface area contributed by atoms with Gasteiger partial charge in [0.25, 0.3) is 0 Å². The molecular weight excluding hydrogens is 114 g/mol. The number of hydrogen-bond donors (Lipinski definition) is 1. The maximum absolute atomic E-state index is 10.2. The minimum Gasteiger partial charge on any atom is -0.370 e. The molecule has 0 radical (unpaired) electrons. The van der Waals surface area contributed by atoms with Gasteiger partial charge in [-0.3, -0.25) is 4.79 Å². The van der Waals surface area contributed by atoms with Gasteiger partial charge in [0.05, 0.1) is 0 Å². The van der Waals surface area contributed by atoms with Gasteiger partial charge in [-0.15, -0.1) is 0 Å². The van der Waals surface area contributed by atoms with Crippen molar-refractivity contribution in [1.29, 1.82) is 0 Å². The van der Waals surface area contributed by atoms with E-state index in [2.05, 4.69) is 0 Å². The van der Waals surface area contributed by atoms with Crippen molar-refractivity contribution in [3.8, 4) is 0 Å². The average Bonchev–Trinajstić information content (AvgIpc) is 1.80. The number of nitrogens with two attached hydrogens (primary N) is 1. The minimum atomic E-state index is -0.209. The van der Waals surface area contributed by atoms with E-state index in [9.17, 15) is 4.79 Å². The molecule has 0 rings (SSSR count). The lowest BCUT2D eigenvalue weighted by atomic mass is 10.2. The van der Waals surface area contributed by atoms with E-state index in [0.717, 1.165) is 12.8 Å². The molecule has 0 spiro atoms. The Bertz CT molecular complexity index is 107. The first-order chi connectivity index (χ1) is 4.27. The van der Waals surface area contributed by atoms with Gasteiger partial charge in [0.1, 0.15) is 0 Å². The molecule has 9 heavy (non-hydrogen) atoms. The van der Waals surface area contributed by atoms with Crippen LogP contribution in [-0.2, 0) is 4.79 Å². The van der Waals surface area contributed by atoms with Gasteiger partial charge >= 0.3 is 0 Å². The zero-order chi connectivity index (χ0) is 7.11. The SMILES string of the molecule is C/C=C/CCCC(N)=O. The Kier molecular flexibility index (Phi) is 4.88. The Labute approximate surface area is 55.7 Å². The molecular formula is C7H13NO. The van der Waals surface area contributed by atoms with Gasteiger partial charge in [0.15, 0.2) is 0 Å². The van der Waals surface area contributed by atoms with Crippen LogP contribution in [0.3, 0.4) is 0 Å². The number of primary amides is 1. The monoisotopic (exact) mass is 127 g/mol. The van der Waals surface area contributed by atoms with Crippen LogP contribution >= 0.6 is 0 Å². The van der Waals surface area contributed by atoms with E-state index in [0.29, 0.717) is 6.42 Å². The third-order valence-corrected chi connectivity index (χ3v) is 1.03. The second-order valence-corrected chi connectivity index (χ2v) is 1.93. The summed E-state index contributed by atoms with van der Waals surface area (Å²) in [5.41, 5.74) is 4.91. The number of carbonyl (C=O) groups is 1. The Balaban J connectivity index is 3.01. The van der Waals surface area contributed by atoms with Gasteiger partial charge in [0.2, 0.25) is 5.91 Å².